The van der Waals surface area contributed by atoms with E-state index >= 15 is 0 Å². The summed E-state index contributed by atoms with van der Waals surface area (Å²) in [7, 11) is 0. The predicted octanol–water partition coefficient (Wildman–Crippen LogP) is 1.86. The zero-order valence-electron chi connectivity index (χ0n) is 10.1. The molecule has 0 atom stereocenters. The molecule has 1 aromatic heterocycles. The largest absolute Gasteiger partial charge is 0.384 e. The first-order valence-electron chi connectivity index (χ1n) is 5.47. The minimum Gasteiger partial charge on any atom is -0.384 e. The number of anilines is 1. The van der Waals surface area contributed by atoms with Gasteiger partial charge in [-0.1, -0.05) is 6.92 Å². The fourth-order valence-electron chi connectivity index (χ4n) is 1.30. The van der Waals surface area contributed by atoms with Crippen LogP contribution in [-0.4, -0.2) is 29.8 Å². The number of nitrogen functional groups attached to an aromatic ring is 1. The molecule has 1 amide bonds. The fraction of sp³-hybridized carbons (Fsp3) is 0.455. The molecule has 0 bridgehead atoms. The average Bonchev–Trinajstić information content (AvgIpc) is 2.34. The monoisotopic (exact) mass is 279 g/mol. The standard InChI is InChI=1S/C11H13F4N3O/c1-2-7-3-6(4-8(16)18-7)9(19)17-5-11(14,15)10(12)13/h3-4,10H,2,5H2,1H3,(H2,16,18)(H,17,19). The first-order chi connectivity index (χ1) is 8.76. The maximum atomic E-state index is 12.6. The topological polar surface area (TPSA) is 68.0 Å². The Hall–Kier alpha value is -1.86. The molecule has 3 N–H and O–H groups in total. The molecule has 0 radical (unpaired) electrons. The number of hydrogen-bond acceptors (Lipinski definition) is 3. The summed E-state index contributed by atoms with van der Waals surface area (Å²) in [6, 6.07) is 2.56. The van der Waals surface area contributed by atoms with Crippen LogP contribution in [0.15, 0.2) is 12.1 Å². The van der Waals surface area contributed by atoms with E-state index in [0.717, 1.165) is 0 Å². The van der Waals surface area contributed by atoms with Crippen LogP contribution in [0.1, 0.15) is 23.0 Å². The van der Waals surface area contributed by atoms with Crippen molar-refractivity contribution in [1.82, 2.24) is 10.3 Å². The molecule has 0 aliphatic heterocycles. The summed E-state index contributed by atoms with van der Waals surface area (Å²) in [5.41, 5.74) is 5.96. The van der Waals surface area contributed by atoms with Crippen LogP contribution in [0.25, 0.3) is 0 Å². The molecule has 106 valence electrons. The van der Waals surface area contributed by atoms with Crippen LogP contribution in [0.3, 0.4) is 0 Å². The van der Waals surface area contributed by atoms with E-state index in [-0.39, 0.29) is 11.4 Å². The summed E-state index contributed by atoms with van der Waals surface area (Å²) >= 11 is 0. The summed E-state index contributed by atoms with van der Waals surface area (Å²) in [5.74, 6) is -5.10. The summed E-state index contributed by atoms with van der Waals surface area (Å²) in [6.45, 7) is 0.335. The Balaban J connectivity index is 2.76. The van der Waals surface area contributed by atoms with Crippen molar-refractivity contribution in [3.8, 4) is 0 Å². The molecule has 0 saturated heterocycles. The summed E-state index contributed by atoms with van der Waals surface area (Å²) in [4.78, 5) is 15.5. The molecule has 8 heteroatoms. The lowest BCUT2D eigenvalue weighted by molar-refractivity contribution is -0.123. The van der Waals surface area contributed by atoms with Crippen LogP contribution in [0.5, 0.6) is 0 Å². The number of amides is 1. The van der Waals surface area contributed by atoms with Crippen molar-refractivity contribution in [1.29, 1.82) is 0 Å². The van der Waals surface area contributed by atoms with E-state index in [0.29, 0.717) is 12.1 Å². The molecule has 0 aliphatic rings. The average molecular weight is 279 g/mol. The van der Waals surface area contributed by atoms with E-state index in [1.165, 1.54) is 12.1 Å². The Bertz CT molecular complexity index is 465. The van der Waals surface area contributed by atoms with Gasteiger partial charge in [-0.3, -0.25) is 4.79 Å². The van der Waals surface area contributed by atoms with Crippen molar-refractivity contribution in [3.05, 3.63) is 23.4 Å². The molecular formula is C11H13F4N3O. The highest BCUT2D eigenvalue weighted by molar-refractivity contribution is 5.94. The Morgan fingerprint density at radius 1 is 1.47 bits per heavy atom. The highest BCUT2D eigenvalue weighted by Crippen LogP contribution is 2.21. The third-order valence-corrected chi connectivity index (χ3v) is 2.33. The number of carbonyl (C=O) groups is 1. The molecule has 0 unspecified atom stereocenters. The summed E-state index contributed by atoms with van der Waals surface area (Å²) < 4.78 is 49.1. The van der Waals surface area contributed by atoms with E-state index < -0.39 is 24.8 Å². The molecule has 1 rings (SSSR count). The van der Waals surface area contributed by atoms with Crippen LogP contribution < -0.4 is 11.1 Å². The summed E-state index contributed by atoms with van der Waals surface area (Å²) in [5, 5.41) is 1.75. The van der Waals surface area contributed by atoms with Crippen LogP contribution >= 0.6 is 0 Å². The highest BCUT2D eigenvalue weighted by Gasteiger charge is 2.40. The number of hydrogen-bond donors (Lipinski definition) is 2. The Morgan fingerprint density at radius 2 is 2.11 bits per heavy atom. The van der Waals surface area contributed by atoms with Crippen LogP contribution in [0.4, 0.5) is 23.4 Å². The Labute approximate surface area is 107 Å². The molecule has 0 spiro atoms. The van der Waals surface area contributed by atoms with Crippen molar-refractivity contribution in [3.63, 3.8) is 0 Å². The number of rotatable bonds is 5. The van der Waals surface area contributed by atoms with E-state index in [1.807, 2.05) is 0 Å². The second-order valence-electron chi connectivity index (χ2n) is 3.87. The second-order valence-corrected chi connectivity index (χ2v) is 3.87. The summed E-state index contributed by atoms with van der Waals surface area (Å²) in [6.07, 6.45) is -3.33. The lowest BCUT2D eigenvalue weighted by Gasteiger charge is -2.15. The van der Waals surface area contributed by atoms with E-state index in [2.05, 4.69) is 4.98 Å². The van der Waals surface area contributed by atoms with Gasteiger partial charge in [-0.05, 0) is 18.6 Å². The van der Waals surface area contributed by atoms with Gasteiger partial charge in [-0.15, -0.1) is 0 Å². The zero-order chi connectivity index (χ0) is 14.6. The van der Waals surface area contributed by atoms with E-state index in [1.54, 1.807) is 12.2 Å². The van der Waals surface area contributed by atoms with Crippen LogP contribution in [-0.2, 0) is 6.42 Å². The molecule has 0 aliphatic carbocycles. The van der Waals surface area contributed by atoms with Crippen molar-refractivity contribution in [2.75, 3.05) is 12.3 Å². The minimum absolute atomic E-state index is 0.00872. The Morgan fingerprint density at radius 3 is 2.63 bits per heavy atom. The molecular weight excluding hydrogens is 266 g/mol. The number of nitrogens with zero attached hydrogens (tertiary/aromatic N) is 1. The maximum Gasteiger partial charge on any atom is 0.324 e. The van der Waals surface area contributed by atoms with Crippen molar-refractivity contribution < 1.29 is 22.4 Å². The fourth-order valence-corrected chi connectivity index (χ4v) is 1.30. The number of aromatic nitrogens is 1. The number of carbonyl (C=O) groups excluding carboxylic acids is 1. The predicted molar refractivity (Wildman–Crippen MR) is 61.3 cm³/mol. The van der Waals surface area contributed by atoms with Gasteiger partial charge >= 0.3 is 12.3 Å². The number of nitrogens with one attached hydrogen (secondary N) is 1. The van der Waals surface area contributed by atoms with Crippen LogP contribution in [0, 0.1) is 0 Å². The Kier molecular flexibility index (Phi) is 4.68. The van der Waals surface area contributed by atoms with Gasteiger partial charge in [-0.25, -0.2) is 13.8 Å². The lowest BCUT2D eigenvalue weighted by Crippen LogP contribution is -2.41. The quantitative estimate of drug-likeness (QED) is 0.808. The van der Waals surface area contributed by atoms with E-state index in [9.17, 15) is 22.4 Å². The second kappa shape index (κ2) is 5.85. The van der Waals surface area contributed by atoms with Crippen molar-refractivity contribution in [2.24, 2.45) is 0 Å². The molecule has 0 fully saturated rings. The molecule has 1 aromatic rings. The van der Waals surface area contributed by atoms with Gasteiger partial charge in [-0.2, -0.15) is 8.78 Å². The lowest BCUT2D eigenvalue weighted by atomic mass is 10.2. The maximum absolute atomic E-state index is 12.6. The van der Waals surface area contributed by atoms with E-state index in [4.69, 9.17) is 5.73 Å². The van der Waals surface area contributed by atoms with Gasteiger partial charge in [0, 0.05) is 11.3 Å². The minimum atomic E-state index is -4.26. The van der Waals surface area contributed by atoms with Gasteiger partial charge in [0.2, 0.25) is 0 Å². The number of nitrogens with two attached hydrogens (primary N) is 1. The third kappa shape index (κ3) is 4.08. The molecule has 1 heterocycles. The number of alkyl halides is 4. The number of halogens is 4. The first-order valence-corrected chi connectivity index (χ1v) is 5.47. The number of pyridine rings is 1. The third-order valence-electron chi connectivity index (χ3n) is 2.33. The van der Waals surface area contributed by atoms with Gasteiger partial charge in [0.1, 0.15) is 5.82 Å². The van der Waals surface area contributed by atoms with Crippen LogP contribution in [0.2, 0.25) is 0 Å². The normalized spacial score (nSPS) is 11.7. The van der Waals surface area contributed by atoms with Crippen molar-refractivity contribution in [2.45, 2.75) is 25.7 Å². The number of aryl methyl sites for hydroxylation is 1. The highest BCUT2D eigenvalue weighted by atomic mass is 19.3. The molecule has 19 heavy (non-hydrogen) atoms. The van der Waals surface area contributed by atoms with Gasteiger partial charge < -0.3 is 11.1 Å². The van der Waals surface area contributed by atoms with Gasteiger partial charge in [0.05, 0.1) is 6.54 Å². The van der Waals surface area contributed by atoms with Gasteiger partial charge in [0.15, 0.2) is 0 Å². The van der Waals surface area contributed by atoms with Gasteiger partial charge in [0.25, 0.3) is 5.91 Å². The smallest absolute Gasteiger partial charge is 0.324 e. The molecule has 0 aromatic carbocycles. The SMILES string of the molecule is CCc1cc(C(=O)NCC(F)(F)C(F)F)cc(N)n1. The molecule has 4 nitrogen and oxygen atoms in total. The van der Waals surface area contributed by atoms with Crippen molar-refractivity contribution >= 4 is 11.7 Å². The first kappa shape index (κ1) is 15.2. The zero-order valence-corrected chi connectivity index (χ0v) is 10.1. The molecule has 0 saturated carbocycles.